The van der Waals surface area contributed by atoms with E-state index in [-0.39, 0.29) is 0 Å². The Morgan fingerprint density at radius 1 is 0.750 bits per heavy atom. The van der Waals surface area contributed by atoms with E-state index in [9.17, 15) is 0 Å². The van der Waals surface area contributed by atoms with Crippen LogP contribution in [0.15, 0.2) is 109 Å². The van der Waals surface area contributed by atoms with E-state index in [0.717, 1.165) is 34.2 Å². The van der Waals surface area contributed by atoms with Crippen molar-refractivity contribution in [2.45, 2.75) is 27.7 Å². The van der Waals surface area contributed by atoms with Crippen LogP contribution < -0.4 is 20.7 Å². The highest BCUT2D eigenvalue weighted by molar-refractivity contribution is 7.95. The third-order valence-corrected chi connectivity index (χ3v) is 11.2. The predicted molar refractivity (Wildman–Crippen MR) is 158 cm³/mol. The van der Waals surface area contributed by atoms with E-state index in [0.29, 0.717) is 0 Å². The van der Waals surface area contributed by atoms with Gasteiger partial charge in [0, 0.05) is 5.56 Å². The van der Waals surface area contributed by atoms with Crippen molar-refractivity contribution in [1.82, 2.24) is 0 Å². The van der Waals surface area contributed by atoms with E-state index >= 15 is 0 Å². The minimum Gasteiger partial charge on any atom is -0.496 e. The summed E-state index contributed by atoms with van der Waals surface area (Å²) < 4.78 is 5.53. The molecule has 0 aliphatic rings. The fraction of sp³-hybridized carbons (Fsp3) is 0.176. The number of ether oxygens (including phenoxy) is 1. The molecular weight excluding hydrogens is 455 g/mol. The maximum absolute atomic E-state index is 5.53. The first-order valence-electron chi connectivity index (χ1n) is 12.4. The Balaban J connectivity index is 1.80. The first-order chi connectivity index (χ1) is 17.5. The van der Waals surface area contributed by atoms with Gasteiger partial charge in [0.15, 0.2) is 0 Å². The summed E-state index contributed by atoms with van der Waals surface area (Å²) in [5.41, 5.74) is 5.67. The second kappa shape index (κ2) is 11.4. The van der Waals surface area contributed by atoms with Crippen LogP contribution in [0, 0.1) is 32.6 Å². The van der Waals surface area contributed by atoms with Gasteiger partial charge in [-0.2, -0.15) is 0 Å². The van der Waals surface area contributed by atoms with Gasteiger partial charge in [-0.3, -0.25) is 0 Å². The van der Waals surface area contributed by atoms with Gasteiger partial charge in [0.1, 0.15) is 28.9 Å². The number of benzene rings is 4. The van der Waals surface area contributed by atoms with Gasteiger partial charge < -0.3 is 4.74 Å². The second-order valence-electron chi connectivity index (χ2n) is 9.16. The second-order valence-corrected chi connectivity index (χ2v) is 12.7. The number of methoxy groups -OCH3 is 1. The fourth-order valence-corrected chi connectivity index (χ4v) is 8.86. The lowest BCUT2D eigenvalue weighted by Gasteiger charge is -2.26. The molecule has 2 heteroatoms. The van der Waals surface area contributed by atoms with Gasteiger partial charge in [0.2, 0.25) is 0 Å². The molecule has 0 bridgehead atoms. The quantitative estimate of drug-likeness (QED) is 0.211. The van der Waals surface area contributed by atoms with Crippen molar-refractivity contribution in [1.29, 1.82) is 0 Å². The van der Waals surface area contributed by atoms with Gasteiger partial charge in [-0.25, -0.2) is 0 Å². The third kappa shape index (κ3) is 5.16. The molecule has 0 fully saturated rings. The van der Waals surface area contributed by atoms with E-state index in [4.69, 9.17) is 4.74 Å². The Morgan fingerprint density at radius 2 is 1.22 bits per heavy atom. The van der Waals surface area contributed by atoms with Crippen LogP contribution in [0.5, 0.6) is 5.75 Å². The number of hydrogen-bond acceptors (Lipinski definition) is 1. The van der Waals surface area contributed by atoms with Gasteiger partial charge in [0.25, 0.3) is 0 Å². The number of aryl methyl sites for hydroxylation is 1. The molecule has 0 aliphatic heterocycles. The Bertz CT molecular complexity index is 1310. The molecule has 0 N–H and O–H groups in total. The van der Waals surface area contributed by atoms with Gasteiger partial charge in [-0.15, -0.1) is 0 Å². The highest BCUT2D eigenvalue weighted by Gasteiger charge is 2.44. The van der Waals surface area contributed by atoms with E-state index in [1.165, 1.54) is 21.5 Å². The Labute approximate surface area is 217 Å². The molecule has 0 atom stereocenters. The molecule has 0 unspecified atom stereocenters. The molecule has 0 amide bonds. The van der Waals surface area contributed by atoms with Crippen LogP contribution >= 0.6 is 7.26 Å². The van der Waals surface area contributed by atoms with Crippen molar-refractivity contribution < 1.29 is 4.74 Å². The van der Waals surface area contributed by atoms with Crippen molar-refractivity contribution in [3.05, 3.63) is 131 Å². The van der Waals surface area contributed by atoms with Crippen molar-refractivity contribution in [3.63, 3.8) is 0 Å². The molecule has 0 aliphatic carbocycles. The molecule has 4 aromatic rings. The minimum atomic E-state index is -1.90. The minimum absolute atomic E-state index is 0.922. The monoisotopic (exact) mass is 489 g/mol. The molecule has 0 aromatic heterocycles. The molecule has 180 valence electrons. The summed E-state index contributed by atoms with van der Waals surface area (Å²) in [4.78, 5) is 0. The summed E-state index contributed by atoms with van der Waals surface area (Å²) in [6.07, 6.45) is 3.26. The maximum Gasteiger partial charge on any atom is 0.122 e. The fourth-order valence-electron chi connectivity index (χ4n) is 4.75. The van der Waals surface area contributed by atoms with Crippen LogP contribution in [-0.2, 0) is 0 Å². The van der Waals surface area contributed by atoms with Crippen molar-refractivity contribution in [3.8, 4) is 17.6 Å². The maximum atomic E-state index is 5.53. The lowest BCUT2D eigenvalue weighted by molar-refractivity contribution is 0.411. The van der Waals surface area contributed by atoms with Crippen molar-refractivity contribution in [2.75, 3.05) is 13.3 Å². The van der Waals surface area contributed by atoms with E-state index in [1.54, 1.807) is 7.11 Å². The normalized spacial score (nSPS) is 11.5. The predicted octanol–water partition coefficient (Wildman–Crippen LogP) is 6.91. The number of allylic oxidation sites excluding steroid dienone is 2. The van der Waals surface area contributed by atoms with E-state index in [2.05, 4.69) is 143 Å². The average molecular weight is 490 g/mol. The Morgan fingerprint density at radius 3 is 1.67 bits per heavy atom. The molecule has 0 saturated heterocycles. The van der Waals surface area contributed by atoms with Crippen LogP contribution in [0.3, 0.4) is 0 Å². The smallest absolute Gasteiger partial charge is 0.122 e. The molecule has 0 saturated carbocycles. The van der Waals surface area contributed by atoms with Gasteiger partial charge in [-0.1, -0.05) is 66.4 Å². The van der Waals surface area contributed by atoms with Crippen molar-refractivity contribution >= 4 is 23.2 Å². The Kier molecular flexibility index (Phi) is 8.10. The first kappa shape index (κ1) is 25.5. The summed E-state index contributed by atoms with van der Waals surface area (Å²) in [7, 11) is -0.178. The average Bonchev–Trinajstić information content (AvgIpc) is 2.93. The van der Waals surface area contributed by atoms with Gasteiger partial charge in [0.05, 0.1) is 13.3 Å². The summed E-state index contributed by atoms with van der Waals surface area (Å²) in [6.45, 7) is 8.46. The molecule has 1 nitrogen and oxygen atoms in total. The highest BCUT2D eigenvalue weighted by atomic mass is 31.2. The molecule has 4 rings (SSSR count). The summed E-state index contributed by atoms with van der Waals surface area (Å²) in [6, 6.07) is 35.0. The number of hydrogen-bond donors (Lipinski definition) is 0. The van der Waals surface area contributed by atoms with Crippen LogP contribution in [0.25, 0.3) is 0 Å². The van der Waals surface area contributed by atoms with E-state index in [1.807, 2.05) is 0 Å². The standard InChI is InChI=1S/C34H34OP/c1-26(21-22-33-27(2)25-34(35-5)29(4)28(33)3)23-24-36(30-15-9-6-10-16-30,31-17-11-7-12-18-31)32-19-13-8-14-20-32/h6-20,23,25H,24H2,1-5H3/q+1/b26-23-. The van der Waals surface area contributed by atoms with Crippen molar-refractivity contribution in [2.24, 2.45) is 0 Å². The molecular formula is C34H34OP+. The lowest BCUT2D eigenvalue weighted by Crippen LogP contribution is -2.33. The van der Waals surface area contributed by atoms with Gasteiger partial charge >= 0.3 is 0 Å². The largest absolute Gasteiger partial charge is 0.496 e. The zero-order valence-corrected chi connectivity index (χ0v) is 22.8. The third-order valence-electron chi connectivity index (χ3n) is 6.92. The van der Waals surface area contributed by atoms with E-state index < -0.39 is 7.26 Å². The molecule has 36 heavy (non-hydrogen) atoms. The van der Waals surface area contributed by atoms with Crippen LogP contribution in [0.2, 0.25) is 0 Å². The number of rotatable bonds is 6. The summed E-state index contributed by atoms with van der Waals surface area (Å²) in [5, 5.41) is 4.16. The topological polar surface area (TPSA) is 9.23 Å². The Hall–Kier alpha value is -3.59. The molecule has 4 aromatic carbocycles. The zero-order chi connectivity index (χ0) is 25.5. The SMILES string of the molecule is COc1cc(C)c(C#C/C(C)=C\C[P+](c2ccccc2)(c2ccccc2)c2ccccc2)c(C)c1C. The molecule has 0 heterocycles. The zero-order valence-electron chi connectivity index (χ0n) is 21.9. The summed E-state index contributed by atoms with van der Waals surface area (Å²) >= 11 is 0. The first-order valence-corrected chi connectivity index (χ1v) is 14.3. The van der Waals surface area contributed by atoms with Crippen LogP contribution in [0.1, 0.15) is 29.2 Å². The molecule has 0 spiro atoms. The van der Waals surface area contributed by atoms with Crippen LogP contribution in [-0.4, -0.2) is 13.3 Å². The molecule has 0 radical (unpaired) electrons. The highest BCUT2D eigenvalue weighted by Crippen LogP contribution is 2.55. The summed E-state index contributed by atoms with van der Waals surface area (Å²) in [5.74, 6) is 7.85. The van der Waals surface area contributed by atoms with Crippen LogP contribution in [0.4, 0.5) is 0 Å². The lowest BCUT2D eigenvalue weighted by atomic mass is 9.97. The van der Waals surface area contributed by atoms with Gasteiger partial charge in [-0.05, 0) is 98.5 Å².